The quantitative estimate of drug-likeness (QED) is 0.782. The van der Waals surface area contributed by atoms with E-state index in [2.05, 4.69) is 47.2 Å². The summed E-state index contributed by atoms with van der Waals surface area (Å²) in [6, 6.07) is 6.26. The first-order valence-electron chi connectivity index (χ1n) is 4.76. The molecule has 0 radical (unpaired) electrons. The van der Waals surface area contributed by atoms with Gasteiger partial charge in [-0.3, -0.25) is 0 Å². The number of nitrogens with one attached hydrogen (secondary N) is 1. The monoisotopic (exact) mass is 189 g/mol. The zero-order chi connectivity index (χ0) is 10.1. The van der Waals surface area contributed by atoms with Crippen LogP contribution in [0.2, 0.25) is 0 Å². The highest BCUT2D eigenvalue weighted by molar-refractivity contribution is 5.78. The molecule has 1 N–H and O–H groups in total. The van der Waals surface area contributed by atoms with Crippen LogP contribution in [-0.4, -0.2) is 29.0 Å². The largest absolute Gasteiger partial charge is 0.342 e. The molecule has 0 atom stereocenters. The van der Waals surface area contributed by atoms with E-state index in [9.17, 15) is 0 Å². The second-order valence-electron chi connectivity index (χ2n) is 3.87. The van der Waals surface area contributed by atoms with E-state index in [0.29, 0.717) is 0 Å². The molecule has 0 aliphatic heterocycles. The van der Waals surface area contributed by atoms with Gasteiger partial charge in [-0.05, 0) is 32.6 Å². The van der Waals surface area contributed by atoms with Crippen LogP contribution in [0.1, 0.15) is 11.4 Å². The molecule has 1 aromatic carbocycles. The lowest BCUT2D eigenvalue weighted by atomic mass is 10.2. The first-order valence-corrected chi connectivity index (χ1v) is 4.76. The van der Waals surface area contributed by atoms with Crippen LogP contribution in [0.25, 0.3) is 11.0 Å². The number of hydrogen-bond acceptors (Lipinski definition) is 2. The Morgan fingerprint density at radius 1 is 1.36 bits per heavy atom. The molecule has 2 aromatic rings. The molecule has 0 spiro atoms. The Balaban J connectivity index is 2.53. The molecular formula is C11H15N3. The topological polar surface area (TPSA) is 31.9 Å². The fraction of sp³-hybridized carbons (Fsp3) is 0.364. The highest BCUT2D eigenvalue weighted by atomic mass is 15.1. The van der Waals surface area contributed by atoms with Crippen molar-refractivity contribution in [2.45, 2.75) is 13.5 Å². The fourth-order valence-corrected chi connectivity index (χ4v) is 1.68. The van der Waals surface area contributed by atoms with E-state index >= 15 is 0 Å². The molecule has 3 heteroatoms. The van der Waals surface area contributed by atoms with Crippen molar-refractivity contribution in [1.82, 2.24) is 14.9 Å². The van der Waals surface area contributed by atoms with Gasteiger partial charge in [-0.2, -0.15) is 0 Å². The zero-order valence-electron chi connectivity index (χ0n) is 8.83. The van der Waals surface area contributed by atoms with Crippen molar-refractivity contribution in [2.75, 3.05) is 14.1 Å². The van der Waals surface area contributed by atoms with E-state index < -0.39 is 0 Å². The van der Waals surface area contributed by atoms with Crippen LogP contribution in [0.4, 0.5) is 0 Å². The summed E-state index contributed by atoms with van der Waals surface area (Å²) in [6.07, 6.45) is 0. The number of benzene rings is 1. The molecule has 0 saturated heterocycles. The summed E-state index contributed by atoms with van der Waals surface area (Å²) < 4.78 is 0. The van der Waals surface area contributed by atoms with Crippen LogP contribution >= 0.6 is 0 Å². The van der Waals surface area contributed by atoms with E-state index in [0.717, 1.165) is 23.4 Å². The zero-order valence-corrected chi connectivity index (χ0v) is 8.83. The summed E-state index contributed by atoms with van der Waals surface area (Å²) in [7, 11) is 4.14. The van der Waals surface area contributed by atoms with Gasteiger partial charge < -0.3 is 9.88 Å². The summed E-state index contributed by atoms with van der Waals surface area (Å²) in [6.45, 7) is 2.92. The average Bonchev–Trinajstić information content (AvgIpc) is 2.45. The van der Waals surface area contributed by atoms with Crippen LogP contribution in [0.5, 0.6) is 0 Å². The van der Waals surface area contributed by atoms with Crippen molar-refractivity contribution < 1.29 is 0 Å². The van der Waals surface area contributed by atoms with Crippen molar-refractivity contribution in [3.63, 3.8) is 0 Å². The van der Waals surface area contributed by atoms with Gasteiger partial charge >= 0.3 is 0 Å². The van der Waals surface area contributed by atoms with Gasteiger partial charge in [0.25, 0.3) is 0 Å². The Labute approximate surface area is 83.8 Å². The van der Waals surface area contributed by atoms with Crippen LogP contribution < -0.4 is 0 Å². The first kappa shape index (κ1) is 9.21. The van der Waals surface area contributed by atoms with Crippen molar-refractivity contribution in [1.29, 1.82) is 0 Å². The number of aromatic nitrogens is 2. The molecule has 0 amide bonds. The van der Waals surface area contributed by atoms with Gasteiger partial charge in [-0.25, -0.2) is 4.98 Å². The van der Waals surface area contributed by atoms with E-state index in [1.165, 1.54) is 5.56 Å². The van der Waals surface area contributed by atoms with E-state index in [1.807, 2.05) is 6.92 Å². The SMILES string of the molecule is Cc1nc2c(CN(C)C)cccc2[nH]1. The number of rotatable bonds is 2. The minimum Gasteiger partial charge on any atom is -0.342 e. The van der Waals surface area contributed by atoms with Crippen molar-refractivity contribution in [3.05, 3.63) is 29.6 Å². The standard InChI is InChI=1S/C11H15N3/c1-8-12-10-6-4-5-9(7-14(2)3)11(10)13-8/h4-6H,7H2,1-3H3,(H,12,13). The van der Waals surface area contributed by atoms with Crippen LogP contribution in [0, 0.1) is 6.92 Å². The van der Waals surface area contributed by atoms with Gasteiger partial charge in [0.05, 0.1) is 11.0 Å². The van der Waals surface area contributed by atoms with E-state index in [-0.39, 0.29) is 0 Å². The Morgan fingerprint density at radius 3 is 2.86 bits per heavy atom. The second kappa shape index (κ2) is 3.42. The number of para-hydroxylation sites is 1. The minimum absolute atomic E-state index is 0.932. The Bertz CT molecular complexity index is 443. The van der Waals surface area contributed by atoms with Crippen LogP contribution in [0.15, 0.2) is 18.2 Å². The number of imidazole rings is 1. The van der Waals surface area contributed by atoms with Gasteiger partial charge in [-0.1, -0.05) is 12.1 Å². The summed E-state index contributed by atoms with van der Waals surface area (Å²) in [5.41, 5.74) is 3.50. The lowest BCUT2D eigenvalue weighted by Gasteiger charge is -2.09. The Morgan fingerprint density at radius 2 is 2.14 bits per heavy atom. The second-order valence-corrected chi connectivity index (χ2v) is 3.87. The lowest BCUT2D eigenvalue weighted by Crippen LogP contribution is -2.10. The minimum atomic E-state index is 0.932. The predicted molar refractivity (Wildman–Crippen MR) is 58.2 cm³/mol. The van der Waals surface area contributed by atoms with Gasteiger partial charge in [0.1, 0.15) is 5.82 Å². The number of hydrogen-bond donors (Lipinski definition) is 1. The summed E-state index contributed by atoms with van der Waals surface area (Å²) in [5, 5.41) is 0. The maximum Gasteiger partial charge on any atom is 0.104 e. The molecule has 1 aromatic heterocycles. The van der Waals surface area contributed by atoms with E-state index in [4.69, 9.17) is 0 Å². The summed E-state index contributed by atoms with van der Waals surface area (Å²) in [4.78, 5) is 9.88. The van der Waals surface area contributed by atoms with Crippen LogP contribution in [-0.2, 0) is 6.54 Å². The van der Waals surface area contributed by atoms with Gasteiger partial charge in [0, 0.05) is 6.54 Å². The molecule has 2 rings (SSSR count). The predicted octanol–water partition coefficient (Wildman–Crippen LogP) is 1.93. The van der Waals surface area contributed by atoms with E-state index in [1.54, 1.807) is 0 Å². The van der Waals surface area contributed by atoms with Crippen molar-refractivity contribution in [3.8, 4) is 0 Å². The maximum absolute atomic E-state index is 4.48. The molecule has 0 aliphatic carbocycles. The molecule has 0 aliphatic rings. The third kappa shape index (κ3) is 1.63. The number of fused-ring (bicyclic) bond motifs is 1. The number of aromatic amines is 1. The number of H-pyrrole nitrogens is 1. The summed E-state index contributed by atoms with van der Waals surface area (Å²) >= 11 is 0. The lowest BCUT2D eigenvalue weighted by molar-refractivity contribution is 0.404. The molecule has 0 unspecified atom stereocenters. The van der Waals surface area contributed by atoms with Gasteiger partial charge in [0.2, 0.25) is 0 Å². The summed E-state index contributed by atoms with van der Waals surface area (Å²) in [5.74, 6) is 0.978. The maximum atomic E-state index is 4.48. The smallest absolute Gasteiger partial charge is 0.104 e. The van der Waals surface area contributed by atoms with Crippen molar-refractivity contribution in [2.24, 2.45) is 0 Å². The molecule has 14 heavy (non-hydrogen) atoms. The molecule has 74 valence electrons. The number of nitrogens with zero attached hydrogens (tertiary/aromatic N) is 2. The fourth-order valence-electron chi connectivity index (χ4n) is 1.68. The van der Waals surface area contributed by atoms with Crippen LogP contribution in [0.3, 0.4) is 0 Å². The third-order valence-corrected chi connectivity index (χ3v) is 2.20. The highest BCUT2D eigenvalue weighted by Gasteiger charge is 2.05. The van der Waals surface area contributed by atoms with Gasteiger partial charge in [-0.15, -0.1) is 0 Å². The third-order valence-electron chi connectivity index (χ3n) is 2.20. The highest BCUT2D eigenvalue weighted by Crippen LogP contribution is 2.16. The Kier molecular flexibility index (Phi) is 2.25. The van der Waals surface area contributed by atoms with Gasteiger partial charge in [0.15, 0.2) is 0 Å². The molecule has 0 saturated carbocycles. The number of aryl methyl sites for hydroxylation is 1. The molecule has 3 nitrogen and oxygen atoms in total. The molecule has 1 heterocycles. The average molecular weight is 189 g/mol. The first-order chi connectivity index (χ1) is 6.66. The molecule has 0 bridgehead atoms. The normalized spacial score (nSPS) is 11.4. The Hall–Kier alpha value is -1.35. The molecule has 0 fully saturated rings. The molecular weight excluding hydrogens is 174 g/mol. The van der Waals surface area contributed by atoms with Crippen molar-refractivity contribution >= 4 is 11.0 Å².